The first-order valence-electron chi connectivity index (χ1n) is 2.02. The number of Topliss-reactive ketones (excluding diaryl/α,β-unsaturated/α-hetero) is 1. The van der Waals surface area contributed by atoms with Crippen molar-refractivity contribution >= 4 is 10.3 Å². The molecule has 0 aromatic rings. The van der Waals surface area contributed by atoms with Gasteiger partial charge >= 0.3 is 53.1 Å². The Kier molecular flexibility index (Phi) is 3.57. The minimum atomic E-state index is -1.48. The summed E-state index contributed by atoms with van der Waals surface area (Å²) >= 11 is -1.48. The fourth-order valence-corrected chi connectivity index (χ4v) is 0.694. The molecule has 0 N–H and O–H groups in total. The van der Waals surface area contributed by atoms with E-state index < -0.39 is 20.7 Å². The van der Waals surface area contributed by atoms with Crippen LogP contribution < -0.4 is 0 Å². The van der Waals surface area contributed by atoms with Gasteiger partial charge in [0.2, 0.25) is 0 Å². The van der Waals surface area contributed by atoms with Crippen LogP contribution in [0.5, 0.6) is 0 Å². The van der Waals surface area contributed by atoms with Crippen LogP contribution in [0.15, 0.2) is 0 Å². The van der Waals surface area contributed by atoms with E-state index in [1.54, 1.807) is 0 Å². The third kappa shape index (κ3) is 3.90. The van der Waals surface area contributed by atoms with Crippen LogP contribution >= 0.6 is 0 Å². The van der Waals surface area contributed by atoms with E-state index in [0.29, 0.717) is 0 Å². The molecule has 0 fully saturated rings. The van der Waals surface area contributed by atoms with Gasteiger partial charge in [-0.25, -0.2) is 0 Å². The van der Waals surface area contributed by atoms with Gasteiger partial charge in [0.25, 0.3) is 0 Å². The van der Waals surface area contributed by atoms with E-state index in [9.17, 15) is 13.3 Å². The predicted octanol–water partition coefficient (Wildman–Crippen LogP) is -0.0799. The van der Waals surface area contributed by atoms with E-state index in [0.717, 1.165) is 0 Å². The number of hydrogen-bond donors (Lipinski definition) is 0. The van der Waals surface area contributed by atoms with E-state index >= 15 is 0 Å². The average Bonchev–Trinajstić information content (AvgIpc) is 1.65. The summed E-state index contributed by atoms with van der Waals surface area (Å²) in [6.45, 7) is 1.30. The quantitative estimate of drug-likeness (QED) is 0.531. The van der Waals surface area contributed by atoms with E-state index in [-0.39, 0.29) is 12.2 Å². The second kappa shape index (κ2) is 3.69. The van der Waals surface area contributed by atoms with Crippen molar-refractivity contribution in [2.45, 2.75) is 13.3 Å². The van der Waals surface area contributed by atoms with Crippen LogP contribution in [-0.4, -0.2) is 10.3 Å². The Morgan fingerprint density at radius 1 is 1.50 bits per heavy atom. The number of rotatable bonds is 3. The first-order chi connectivity index (χ1) is 3.66. The first kappa shape index (κ1) is 7.72. The summed E-state index contributed by atoms with van der Waals surface area (Å²) in [4.78, 5) is 20.2. The third-order valence-electron chi connectivity index (χ3n) is 0.502. The number of ketones is 1. The van der Waals surface area contributed by atoms with Crippen LogP contribution in [0.2, 0.25) is 0 Å². The van der Waals surface area contributed by atoms with Crippen LogP contribution in [0.1, 0.15) is 13.3 Å². The molecule has 0 aromatic carbocycles. The molecule has 4 heteroatoms. The Balaban J connectivity index is 3.55. The maximum atomic E-state index is 10.1. The monoisotopic (exact) mass is 152 g/mol. The zero-order valence-electron chi connectivity index (χ0n) is 4.38. The Hall–Kier alpha value is -0.276. The summed E-state index contributed by atoms with van der Waals surface area (Å²) in [6.07, 6.45) is -0.163. The molecule has 0 saturated carbocycles. The van der Waals surface area contributed by atoms with Gasteiger partial charge in [0, 0.05) is 0 Å². The van der Waals surface area contributed by atoms with Crippen LogP contribution in [0.25, 0.3) is 0 Å². The summed E-state index contributed by atoms with van der Waals surface area (Å²) in [5.41, 5.74) is 0. The summed E-state index contributed by atoms with van der Waals surface area (Å²) in [6, 6.07) is 0. The molecule has 0 atom stereocenters. The molecule has 0 spiro atoms. The molecule has 0 aliphatic rings. The zero-order chi connectivity index (χ0) is 6.57. The number of carbonyl (C=O) groups excluding carboxylic acids is 2. The molecule has 0 aliphatic carbocycles. The topological polar surface area (TPSA) is 51.2 Å². The molecule has 0 aliphatic heterocycles. The Morgan fingerprint density at radius 3 is 2.12 bits per heavy atom. The van der Waals surface area contributed by atoms with Crippen LogP contribution in [-0.2, 0) is 29.5 Å². The molecule has 0 amide bonds. The number of carbonyl (C=O) groups is 2. The predicted molar refractivity (Wildman–Crippen MR) is 21.0 cm³/mol. The normalized spacial score (nSPS) is 8.12. The van der Waals surface area contributed by atoms with Crippen molar-refractivity contribution in [1.82, 2.24) is 0 Å². The summed E-state index contributed by atoms with van der Waals surface area (Å²) in [7, 11) is 0. The van der Waals surface area contributed by atoms with Crippen molar-refractivity contribution in [2.75, 3.05) is 0 Å². The van der Waals surface area contributed by atoms with E-state index in [4.69, 9.17) is 0 Å². The van der Waals surface area contributed by atoms with Gasteiger partial charge in [-0.05, 0) is 0 Å². The van der Waals surface area contributed by atoms with Gasteiger partial charge in [0.1, 0.15) is 0 Å². The van der Waals surface area contributed by atoms with Gasteiger partial charge in [-0.3, -0.25) is 0 Å². The molecule has 0 unspecified atom stereocenters. The fraction of sp³-hybridized carbons (Fsp3) is 0.500. The zero-order valence-corrected chi connectivity index (χ0v) is 5.78. The van der Waals surface area contributed by atoms with Crippen molar-refractivity contribution in [3.63, 3.8) is 0 Å². The van der Waals surface area contributed by atoms with E-state index in [2.05, 4.69) is 0 Å². The van der Waals surface area contributed by atoms with Crippen molar-refractivity contribution in [1.29, 1.82) is 0 Å². The summed E-state index contributed by atoms with van der Waals surface area (Å²) in [5.74, 6) is -0.221. The van der Waals surface area contributed by atoms with Crippen molar-refractivity contribution in [2.24, 2.45) is 0 Å². The number of hydrogen-bond acceptors (Lipinski definition) is 3. The molecule has 0 rings (SSSR count). The maximum absolute atomic E-state index is 10.1. The SMILES string of the molecule is CC(=O)C[C](=O)[V]=[O]. The van der Waals surface area contributed by atoms with Crippen LogP contribution in [0.3, 0.4) is 0 Å². The van der Waals surface area contributed by atoms with E-state index in [1.165, 1.54) is 6.92 Å². The molecular formula is C4H5O3V. The second-order valence-corrected chi connectivity index (χ2v) is 2.43. The van der Waals surface area contributed by atoms with Crippen molar-refractivity contribution < 1.29 is 29.5 Å². The van der Waals surface area contributed by atoms with Crippen LogP contribution in [0.4, 0.5) is 0 Å². The molecule has 0 aromatic heterocycles. The average molecular weight is 152 g/mol. The van der Waals surface area contributed by atoms with Gasteiger partial charge < -0.3 is 0 Å². The van der Waals surface area contributed by atoms with Gasteiger partial charge in [-0.2, -0.15) is 0 Å². The molecule has 0 radical (unpaired) electrons. The molecule has 0 bridgehead atoms. The second-order valence-electron chi connectivity index (χ2n) is 1.36. The molecule has 8 heavy (non-hydrogen) atoms. The molecule has 44 valence electrons. The Morgan fingerprint density at radius 2 is 2.00 bits per heavy atom. The van der Waals surface area contributed by atoms with Gasteiger partial charge in [-0.15, -0.1) is 0 Å². The van der Waals surface area contributed by atoms with E-state index in [1.807, 2.05) is 0 Å². The van der Waals surface area contributed by atoms with Crippen LogP contribution in [0, 0.1) is 0 Å². The fourth-order valence-electron chi connectivity index (χ4n) is 0.245. The van der Waals surface area contributed by atoms with Gasteiger partial charge in [-0.1, -0.05) is 0 Å². The minimum absolute atomic E-state index is 0.163. The molecular weight excluding hydrogens is 147 g/mol. The Labute approximate surface area is 53.7 Å². The standard InChI is InChI=1S/C4H5O2.O.V/c1-4(6)2-3-5;;/h2H2,1H3;;. The first-order valence-corrected chi connectivity index (χ1v) is 3.29. The molecule has 0 heterocycles. The Bertz CT molecular complexity index is 129. The van der Waals surface area contributed by atoms with Gasteiger partial charge in [0.15, 0.2) is 0 Å². The van der Waals surface area contributed by atoms with Gasteiger partial charge in [0.05, 0.1) is 0 Å². The van der Waals surface area contributed by atoms with Crippen molar-refractivity contribution in [3.8, 4) is 0 Å². The summed E-state index contributed by atoms with van der Waals surface area (Å²) in [5, 5.41) is 0. The molecule has 3 nitrogen and oxygen atoms in total. The third-order valence-corrected chi connectivity index (χ3v) is 1.07. The molecule has 0 saturated heterocycles. The summed E-state index contributed by atoms with van der Waals surface area (Å²) < 4.78 is 9.32. The van der Waals surface area contributed by atoms with Crippen molar-refractivity contribution in [3.05, 3.63) is 0 Å².